The minimum atomic E-state index is -0.299. The summed E-state index contributed by atoms with van der Waals surface area (Å²) in [7, 11) is 0. The van der Waals surface area contributed by atoms with Crippen LogP contribution in [-0.4, -0.2) is 15.9 Å². The van der Waals surface area contributed by atoms with Gasteiger partial charge in [0.15, 0.2) is 16.8 Å². The van der Waals surface area contributed by atoms with Crippen LogP contribution in [0.15, 0.2) is 101 Å². The van der Waals surface area contributed by atoms with Gasteiger partial charge in [0.2, 0.25) is 5.91 Å². The Bertz CT molecular complexity index is 1400. The fraction of sp³-hybridized carbons (Fsp3) is 0.107. The van der Waals surface area contributed by atoms with Crippen LogP contribution in [0.2, 0.25) is 0 Å². The van der Waals surface area contributed by atoms with Crippen molar-refractivity contribution in [2.24, 2.45) is 0 Å². The van der Waals surface area contributed by atoms with E-state index >= 15 is 0 Å². The average Bonchev–Trinajstić information content (AvgIpc) is 3.58. The molecule has 0 aliphatic rings. The van der Waals surface area contributed by atoms with Crippen LogP contribution in [0.3, 0.4) is 0 Å². The average molecular weight is 484 g/mol. The van der Waals surface area contributed by atoms with Crippen LogP contribution in [0.4, 0.5) is 9.52 Å². The molecular formula is C28H22FN3O2S. The van der Waals surface area contributed by atoms with E-state index in [1.165, 1.54) is 23.5 Å². The summed E-state index contributed by atoms with van der Waals surface area (Å²) in [6.07, 6.45) is 2.30. The Hall–Kier alpha value is -4.10. The molecule has 0 fully saturated rings. The predicted octanol–water partition coefficient (Wildman–Crippen LogP) is 6.77. The first kappa shape index (κ1) is 22.7. The molecule has 3 aromatic carbocycles. The Morgan fingerprint density at radius 3 is 2.37 bits per heavy atom. The molecule has 174 valence electrons. The summed E-state index contributed by atoms with van der Waals surface area (Å²) < 4.78 is 19.2. The minimum Gasteiger partial charge on any atom is -0.441 e. The molecule has 2 aromatic heterocycles. The van der Waals surface area contributed by atoms with Gasteiger partial charge in [0.25, 0.3) is 0 Å². The quantitative estimate of drug-likeness (QED) is 0.244. The molecule has 0 radical (unpaired) electrons. The first-order chi connectivity index (χ1) is 17.2. The third-order valence-electron chi connectivity index (χ3n) is 5.51. The number of anilines is 1. The van der Waals surface area contributed by atoms with Gasteiger partial charge in [0.05, 0.1) is 18.4 Å². The number of rotatable bonds is 8. The lowest BCUT2D eigenvalue weighted by Gasteiger charge is -2.20. The highest BCUT2D eigenvalue weighted by Crippen LogP contribution is 2.29. The summed E-state index contributed by atoms with van der Waals surface area (Å²) in [6.45, 7) is 0.400. The topological polar surface area (TPSA) is 59.2 Å². The van der Waals surface area contributed by atoms with Crippen LogP contribution in [-0.2, 0) is 17.8 Å². The lowest BCUT2D eigenvalue weighted by molar-refractivity contribution is -0.118. The molecule has 0 aliphatic carbocycles. The molecule has 7 heteroatoms. The number of carbonyl (C=O) groups is 1. The number of amides is 1. The maximum absolute atomic E-state index is 13.4. The van der Waals surface area contributed by atoms with Gasteiger partial charge >= 0.3 is 0 Å². The summed E-state index contributed by atoms with van der Waals surface area (Å²) in [6, 6.07) is 25.7. The molecule has 0 saturated heterocycles. The molecule has 35 heavy (non-hydrogen) atoms. The second-order valence-electron chi connectivity index (χ2n) is 7.97. The Morgan fingerprint density at radius 2 is 1.63 bits per heavy atom. The predicted molar refractivity (Wildman–Crippen MR) is 135 cm³/mol. The van der Waals surface area contributed by atoms with Gasteiger partial charge in [-0.1, -0.05) is 60.7 Å². The zero-order valence-corrected chi connectivity index (χ0v) is 19.6. The number of hydrogen-bond donors (Lipinski definition) is 0. The highest BCUT2D eigenvalue weighted by molar-refractivity contribution is 7.14. The fourth-order valence-corrected chi connectivity index (χ4v) is 4.53. The molecule has 0 spiro atoms. The third kappa shape index (κ3) is 5.53. The van der Waals surface area contributed by atoms with Crippen LogP contribution in [0.5, 0.6) is 0 Å². The summed E-state index contributed by atoms with van der Waals surface area (Å²) in [5.74, 6) is 0.821. The molecule has 2 heterocycles. The molecule has 0 bridgehead atoms. The molecule has 5 rings (SSSR count). The minimum absolute atomic E-state index is 0.0756. The SMILES string of the molecule is O=C(CCc1ncc(-c2ccccc2)o1)N(Cc1ccccc1)c1nc(-c2ccc(F)cc2)cs1. The highest BCUT2D eigenvalue weighted by Gasteiger charge is 2.21. The fourth-order valence-electron chi connectivity index (χ4n) is 3.68. The van der Waals surface area contributed by atoms with Crippen molar-refractivity contribution < 1.29 is 13.6 Å². The molecule has 0 saturated carbocycles. The lowest BCUT2D eigenvalue weighted by atomic mass is 10.2. The largest absolute Gasteiger partial charge is 0.441 e. The number of hydrogen-bond acceptors (Lipinski definition) is 5. The number of nitrogens with zero attached hydrogens (tertiary/aromatic N) is 3. The smallest absolute Gasteiger partial charge is 0.229 e. The van der Waals surface area contributed by atoms with Crippen LogP contribution >= 0.6 is 11.3 Å². The molecular weight excluding hydrogens is 461 g/mol. The van der Waals surface area contributed by atoms with Gasteiger partial charge < -0.3 is 4.42 Å². The summed E-state index contributed by atoms with van der Waals surface area (Å²) >= 11 is 1.39. The van der Waals surface area contributed by atoms with Crippen molar-refractivity contribution >= 4 is 22.4 Å². The van der Waals surface area contributed by atoms with Gasteiger partial charge in [-0.3, -0.25) is 9.69 Å². The zero-order valence-electron chi connectivity index (χ0n) is 18.8. The molecule has 1 amide bonds. The highest BCUT2D eigenvalue weighted by atomic mass is 32.1. The van der Waals surface area contributed by atoms with Crippen LogP contribution < -0.4 is 4.90 Å². The van der Waals surface area contributed by atoms with Crippen LogP contribution in [0.25, 0.3) is 22.6 Å². The van der Waals surface area contributed by atoms with Crippen molar-refractivity contribution in [3.8, 4) is 22.6 Å². The number of carbonyl (C=O) groups excluding carboxylic acids is 1. The number of aromatic nitrogens is 2. The van der Waals surface area contributed by atoms with Crippen LogP contribution in [0, 0.1) is 5.82 Å². The summed E-state index contributed by atoms with van der Waals surface area (Å²) in [4.78, 5) is 24.1. The van der Waals surface area contributed by atoms with Gasteiger partial charge in [-0.15, -0.1) is 11.3 Å². The molecule has 5 aromatic rings. The summed E-state index contributed by atoms with van der Waals surface area (Å²) in [5.41, 5.74) is 3.45. The van der Waals surface area contributed by atoms with E-state index in [-0.39, 0.29) is 18.1 Å². The van der Waals surface area contributed by atoms with E-state index in [9.17, 15) is 9.18 Å². The van der Waals surface area contributed by atoms with E-state index in [2.05, 4.69) is 9.97 Å². The zero-order chi connectivity index (χ0) is 24.0. The van der Waals surface area contributed by atoms with Gasteiger partial charge in [-0.25, -0.2) is 14.4 Å². The molecule has 0 aliphatic heterocycles. The van der Waals surface area contributed by atoms with Crippen molar-refractivity contribution in [3.05, 3.63) is 114 Å². The molecule has 0 N–H and O–H groups in total. The molecule has 0 unspecified atom stereocenters. The monoisotopic (exact) mass is 483 g/mol. The first-order valence-corrected chi connectivity index (χ1v) is 12.1. The van der Waals surface area contributed by atoms with E-state index < -0.39 is 0 Å². The van der Waals surface area contributed by atoms with Crippen LogP contribution in [0.1, 0.15) is 17.9 Å². The first-order valence-electron chi connectivity index (χ1n) is 11.2. The number of aryl methyl sites for hydroxylation is 1. The van der Waals surface area contributed by atoms with E-state index in [0.29, 0.717) is 35.4 Å². The number of oxazole rings is 1. The van der Waals surface area contributed by atoms with Crippen molar-refractivity contribution in [2.45, 2.75) is 19.4 Å². The maximum atomic E-state index is 13.4. The Kier molecular flexibility index (Phi) is 6.77. The maximum Gasteiger partial charge on any atom is 0.229 e. The van der Waals surface area contributed by atoms with Crippen molar-refractivity contribution in [2.75, 3.05) is 4.90 Å². The lowest BCUT2D eigenvalue weighted by Crippen LogP contribution is -2.30. The summed E-state index contributed by atoms with van der Waals surface area (Å²) in [5, 5.41) is 2.48. The third-order valence-corrected chi connectivity index (χ3v) is 6.38. The molecule has 5 nitrogen and oxygen atoms in total. The Labute approximate surface area is 206 Å². The Morgan fingerprint density at radius 1 is 0.914 bits per heavy atom. The van der Waals surface area contributed by atoms with Crippen molar-refractivity contribution in [1.82, 2.24) is 9.97 Å². The van der Waals surface area contributed by atoms with Crippen molar-refractivity contribution in [3.63, 3.8) is 0 Å². The van der Waals surface area contributed by atoms with Gasteiger partial charge in [-0.2, -0.15) is 0 Å². The molecule has 0 atom stereocenters. The number of benzene rings is 3. The van der Waals surface area contributed by atoms with Gasteiger partial charge in [0.1, 0.15) is 5.82 Å². The Balaban J connectivity index is 1.34. The van der Waals surface area contributed by atoms with Gasteiger partial charge in [0, 0.05) is 29.3 Å². The normalized spacial score (nSPS) is 10.9. The number of thiazole rings is 1. The van der Waals surface area contributed by atoms with Gasteiger partial charge in [-0.05, 0) is 29.8 Å². The standard InChI is InChI=1S/C28H22FN3O2S/c29-23-13-11-21(12-14-23)24-19-35-28(31-24)32(18-20-7-3-1-4-8-20)27(33)16-15-26-30-17-25(34-26)22-9-5-2-6-10-22/h1-14,17,19H,15-16,18H2. The van der Waals surface area contributed by atoms with Crippen molar-refractivity contribution in [1.29, 1.82) is 0 Å². The van der Waals surface area contributed by atoms with E-state index in [1.54, 1.807) is 23.2 Å². The van der Waals surface area contributed by atoms with E-state index in [1.807, 2.05) is 66.0 Å². The van der Waals surface area contributed by atoms with E-state index in [0.717, 1.165) is 16.7 Å². The second kappa shape index (κ2) is 10.4. The second-order valence-corrected chi connectivity index (χ2v) is 8.81. The number of halogens is 1. The van der Waals surface area contributed by atoms with E-state index in [4.69, 9.17) is 4.42 Å².